The maximum Gasteiger partial charge on any atom is 0.256 e. The average molecular weight is 265 g/mol. The van der Waals surface area contributed by atoms with Gasteiger partial charge in [0.1, 0.15) is 11.6 Å². The van der Waals surface area contributed by atoms with E-state index in [0.29, 0.717) is 19.0 Å². The molecule has 0 saturated carbocycles. The van der Waals surface area contributed by atoms with Crippen LogP contribution in [0.25, 0.3) is 0 Å². The number of carbonyl (C=O) groups excluding carboxylic acids is 1. The van der Waals surface area contributed by atoms with E-state index in [-0.39, 0.29) is 17.2 Å². The molecule has 0 unspecified atom stereocenters. The second kappa shape index (κ2) is 6.04. The molecule has 1 fully saturated rings. The topological polar surface area (TPSA) is 40.5 Å². The zero-order valence-electron chi connectivity index (χ0n) is 11.2. The Balaban J connectivity index is 2.01. The van der Waals surface area contributed by atoms with Crippen LogP contribution in [0.2, 0.25) is 0 Å². The predicted octanol–water partition coefficient (Wildman–Crippen LogP) is 3.18. The molecule has 19 heavy (non-hydrogen) atoms. The van der Waals surface area contributed by atoms with Crippen LogP contribution in [0.5, 0.6) is 5.75 Å². The van der Waals surface area contributed by atoms with Gasteiger partial charge in [-0.25, -0.2) is 4.39 Å². The third kappa shape index (κ3) is 3.25. The summed E-state index contributed by atoms with van der Waals surface area (Å²) in [6.45, 7) is 3.57. The predicted molar refractivity (Wildman–Crippen MR) is 71.6 cm³/mol. The summed E-state index contributed by atoms with van der Waals surface area (Å²) < 4.78 is 13.6. The van der Waals surface area contributed by atoms with Crippen molar-refractivity contribution in [3.05, 3.63) is 29.6 Å². The van der Waals surface area contributed by atoms with Crippen LogP contribution < -0.4 is 0 Å². The number of phenols is 1. The zero-order valence-corrected chi connectivity index (χ0v) is 11.2. The van der Waals surface area contributed by atoms with Gasteiger partial charge in [0.25, 0.3) is 5.91 Å². The summed E-state index contributed by atoms with van der Waals surface area (Å²) in [5.41, 5.74) is 0.0479. The minimum Gasteiger partial charge on any atom is -0.508 e. The number of rotatable bonds is 3. The molecule has 1 N–H and O–H groups in total. The monoisotopic (exact) mass is 265 g/mol. The zero-order chi connectivity index (χ0) is 13.8. The summed E-state index contributed by atoms with van der Waals surface area (Å²) in [5.74, 6) is -0.387. The van der Waals surface area contributed by atoms with Crippen LogP contribution >= 0.6 is 0 Å². The van der Waals surface area contributed by atoms with E-state index in [1.54, 1.807) is 4.90 Å². The summed E-state index contributed by atoms with van der Waals surface area (Å²) in [4.78, 5) is 13.9. The molecular formula is C15H20FNO2. The van der Waals surface area contributed by atoms with Gasteiger partial charge in [-0.2, -0.15) is 0 Å². The number of phenolic OH excluding ortho intramolecular Hbond substituents is 1. The Labute approximate surface area is 113 Å². The number of hydrogen-bond donors (Lipinski definition) is 1. The number of amides is 1. The summed E-state index contributed by atoms with van der Waals surface area (Å²) >= 11 is 0. The van der Waals surface area contributed by atoms with Gasteiger partial charge < -0.3 is 10.0 Å². The van der Waals surface area contributed by atoms with Crippen molar-refractivity contribution in [1.82, 2.24) is 4.90 Å². The second-order valence-corrected chi connectivity index (χ2v) is 5.19. The number of benzene rings is 1. The van der Waals surface area contributed by atoms with Gasteiger partial charge in [-0.05, 0) is 30.9 Å². The van der Waals surface area contributed by atoms with E-state index in [1.807, 2.05) is 0 Å². The second-order valence-electron chi connectivity index (χ2n) is 5.19. The van der Waals surface area contributed by atoms with Crippen molar-refractivity contribution < 1.29 is 14.3 Å². The first-order valence-electron chi connectivity index (χ1n) is 6.89. The van der Waals surface area contributed by atoms with Gasteiger partial charge in [-0.3, -0.25) is 4.79 Å². The van der Waals surface area contributed by atoms with Crippen LogP contribution in [0.3, 0.4) is 0 Å². The van der Waals surface area contributed by atoms with E-state index >= 15 is 0 Å². The van der Waals surface area contributed by atoms with Crippen molar-refractivity contribution in [3.8, 4) is 5.75 Å². The standard InChI is InChI=1S/C15H20FNO2/c1-2-3-11-6-8-17(9-7-11)15(19)13-5-4-12(18)10-14(13)16/h4-5,10-11,18H,2-3,6-9H2,1H3. The molecule has 1 aliphatic heterocycles. The number of aromatic hydroxyl groups is 1. The Morgan fingerprint density at radius 2 is 2.11 bits per heavy atom. The summed E-state index contributed by atoms with van der Waals surface area (Å²) in [6, 6.07) is 3.68. The fourth-order valence-electron chi connectivity index (χ4n) is 2.68. The lowest BCUT2D eigenvalue weighted by Crippen LogP contribution is -2.38. The van der Waals surface area contributed by atoms with Gasteiger partial charge in [0.2, 0.25) is 0 Å². The summed E-state index contributed by atoms with van der Waals surface area (Å²) in [7, 11) is 0. The molecule has 0 bridgehead atoms. The lowest BCUT2D eigenvalue weighted by Gasteiger charge is -2.32. The lowest BCUT2D eigenvalue weighted by atomic mass is 9.92. The normalized spacial score (nSPS) is 16.6. The lowest BCUT2D eigenvalue weighted by molar-refractivity contribution is 0.0682. The number of hydrogen-bond acceptors (Lipinski definition) is 2. The number of halogens is 1. The van der Waals surface area contributed by atoms with Gasteiger partial charge in [0.05, 0.1) is 5.56 Å². The van der Waals surface area contributed by atoms with Crippen molar-refractivity contribution in [2.45, 2.75) is 32.6 Å². The van der Waals surface area contributed by atoms with Gasteiger partial charge in [0.15, 0.2) is 0 Å². The van der Waals surface area contributed by atoms with Gasteiger partial charge in [0, 0.05) is 19.2 Å². The van der Waals surface area contributed by atoms with E-state index in [9.17, 15) is 9.18 Å². The highest BCUT2D eigenvalue weighted by Gasteiger charge is 2.24. The minimum absolute atomic E-state index is 0.0479. The molecule has 104 valence electrons. The quantitative estimate of drug-likeness (QED) is 0.911. The van der Waals surface area contributed by atoms with Crippen LogP contribution in [0, 0.1) is 11.7 Å². The fraction of sp³-hybridized carbons (Fsp3) is 0.533. The molecule has 0 aromatic heterocycles. The Morgan fingerprint density at radius 1 is 1.42 bits per heavy atom. The first-order chi connectivity index (χ1) is 9.11. The molecule has 0 spiro atoms. The molecule has 0 aliphatic carbocycles. The number of nitrogens with zero attached hydrogens (tertiary/aromatic N) is 1. The first kappa shape index (κ1) is 13.8. The van der Waals surface area contributed by atoms with Crippen molar-refractivity contribution >= 4 is 5.91 Å². The third-order valence-electron chi connectivity index (χ3n) is 3.78. The highest BCUT2D eigenvalue weighted by atomic mass is 19.1. The molecule has 4 heteroatoms. The molecule has 1 aliphatic rings. The molecule has 3 nitrogen and oxygen atoms in total. The van der Waals surface area contributed by atoms with Crippen molar-refractivity contribution in [2.24, 2.45) is 5.92 Å². The minimum atomic E-state index is -0.652. The van der Waals surface area contributed by atoms with E-state index in [0.717, 1.165) is 18.9 Å². The summed E-state index contributed by atoms with van der Waals surface area (Å²) in [5, 5.41) is 9.16. The fourth-order valence-corrected chi connectivity index (χ4v) is 2.68. The van der Waals surface area contributed by atoms with Crippen LogP contribution in [-0.2, 0) is 0 Å². The number of piperidine rings is 1. The SMILES string of the molecule is CCCC1CCN(C(=O)c2ccc(O)cc2F)CC1. The highest BCUT2D eigenvalue weighted by Crippen LogP contribution is 2.24. The van der Waals surface area contributed by atoms with Gasteiger partial charge in [-0.1, -0.05) is 19.8 Å². The first-order valence-corrected chi connectivity index (χ1v) is 6.89. The van der Waals surface area contributed by atoms with Gasteiger partial charge in [-0.15, -0.1) is 0 Å². The Kier molecular flexibility index (Phi) is 4.40. The Hall–Kier alpha value is -1.58. The van der Waals surface area contributed by atoms with Crippen LogP contribution in [0.4, 0.5) is 4.39 Å². The highest BCUT2D eigenvalue weighted by molar-refractivity contribution is 5.94. The van der Waals surface area contributed by atoms with E-state index in [1.165, 1.54) is 25.0 Å². The van der Waals surface area contributed by atoms with Crippen LogP contribution in [0.1, 0.15) is 43.0 Å². The maximum absolute atomic E-state index is 13.6. The Morgan fingerprint density at radius 3 is 2.68 bits per heavy atom. The molecule has 1 aromatic carbocycles. The maximum atomic E-state index is 13.6. The molecule has 1 amide bonds. The van der Waals surface area contributed by atoms with Crippen molar-refractivity contribution in [1.29, 1.82) is 0 Å². The molecule has 1 aromatic rings. The largest absolute Gasteiger partial charge is 0.508 e. The molecule has 1 saturated heterocycles. The number of carbonyl (C=O) groups is 1. The molecular weight excluding hydrogens is 245 g/mol. The smallest absolute Gasteiger partial charge is 0.256 e. The molecule has 0 radical (unpaired) electrons. The van der Waals surface area contributed by atoms with E-state index < -0.39 is 5.82 Å². The van der Waals surface area contributed by atoms with E-state index in [4.69, 9.17) is 5.11 Å². The van der Waals surface area contributed by atoms with Gasteiger partial charge >= 0.3 is 0 Å². The molecule has 2 rings (SSSR count). The van der Waals surface area contributed by atoms with Crippen LogP contribution in [-0.4, -0.2) is 29.0 Å². The average Bonchev–Trinajstić information content (AvgIpc) is 2.39. The van der Waals surface area contributed by atoms with Crippen LogP contribution in [0.15, 0.2) is 18.2 Å². The van der Waals surface area contributed by atoms with Crippen molar-refractivity contribution in [2.75, 3.05) is 13.1 Å². The summed E-state index contributed by atoms with van der Waals surface area (Å²) in [6.07, 6.45) is 4.37. The van der Waals surface area contributed by atoms with Crippen molar-refractivity contribution in [3.63, 3.8) is 0 Å². The van der Waals surface area contributed by atoms with E-state index in [2.05, 4.69) is 6.92 Å². The third-order valence-corrected chi connectivity index (χ3v) is 3.78. The molecule has 1 heterocycles. The Bertz CT molecular complexity index is 453. The molecule has 0 atom stereocenters. The number of likely N-dealkylation sites (tertiary alicyclic amines) is 1.